The Morgan fingerprint density at radius 1 is 0.926 bits per heavy atom. The number of anilines is 1. The van der Waals surface area contributed by atoms with Gasteiger partial charge in [0.2, 0.25) is 5.95 Å². The zero-order chi connectivity index (χ0) is 18.6. The molecular formula is C21H18N4O2. The first-order chi connectivity index (χ1) is 13.2. The second-order valence-corrected chi connectivity index (χ2v) is 5.96. The summed E-state index contributed by atoms with van der Waals surface area (Å²) >= 11 is 0. The number of carbonyl (C=O) groups excluding carboxylic acids is 1. The lowest BCUT2D eigenvalue weighted by Crippen LogP contribution is -2.24. The van der Waals surface area contributed by atoms with Gasteiger partial charge < -0.3 is 15.0 Å². The van der Waals surface area contributed by atoms with Gasteiger partial charge in [-0.15, -0.1) is 0 Å². The molecule has 4 aromatic rings. The quantitative estimate of drug-likeness (QED) is 0.491. The molecule has 0 saturated carbocycles. The Labute approximate surface area is 156 Å². The van der Waals surface area contributed by atoms with E-state index in [1.807, 2.05) is 54.6 Å². The summed E-state index contributed by atoms with van der Waals surface area (Å²) < 4.78 is 6.01. The van der Waals surface area contributed by atoms with Crippen LogP contribution in [0.3, 0.4) is 0 Å². The maximum Gasteiger partial charge on any atom is 0.321 e. The first-order valence-corrected chi connectivity index (χ1v) is 8.53. The van der Waals surface area contributed by atoms with Gasteiger partial charge in [0.25, 0.3) is 0 Å². The topological polar surface area (TPSA) is 79.0 Å². The Morgan fingerprint density at radius 3 is 2.52 bits per heavy atom. The van der Waals surface area contributed by atoms with Crippen LogP contribution in [-0.4, -0.2) is 23.0 Å². The van der Waals surface area contributed by atoms with Crippen molar-refractivity contribution in [2.75, 3.05) is 12.4 Å². The molecule has 27 heavy (non-hydrogen) atoms. The maximum absolute atomic E-state index is 11.4. The standard InChI is InChI=1S/C21H18N4O2/c1-22-21(26)25-20-23-18-11-10-17(13-19(18)24-20)27-16-9-5-8-15(12-16)14-6-3-2-4-7-14/h2-13H,1H3,(H3,22,23,24,25,26). The first kappa shape index (κ1) is 16.7. The average Bonchev–Trinajstić information content (AvgIpc) is 3.10. The lowest BCUT2D eigenvalue weighted by Gasteiger charge is -2.08. The Hall–Kier alpha value is -3.80. The molecule has 3 N–H and O–H groups in total. The van der Waals surface area contributed by atoms with E-state index in [4.69, 9.17) is 4.74 Å². The molecule has 0 radical (unpaired) electrons. The van der Waals surface area contributed by atoms with Crippen LogP contribution in [0.15, 0.2) is 72.8 Å². The molecule has 1 aromatic heterocycles. The van der Waals surface area contributed by atoms with Gasteiger partial charge in [-0.05, 0) is 35.4 Å². The second-order valence-electron chi connectivity index (χ2n) is 5.96. The van der Waals surface area contributed by atoms with E-state index >= 15 is 0 Å². The van der Waals surface area contributed by atoms with E-state index in [0.29, 0.717) is 11.7 Å². The lowest BCUT2D eigenvalue weighted by molar-refractivity contribution is 0.254. The van der Waals surface area contributed by atoms with E-state index in [0.717, 1.165) is 27.9 Å². The highest BCUT2D eigenvalue weighted by Gasteiger charge is 2.07. The fraction of sp³-hybridized carbons (Fsp3) is 0.0476. The van der Waals surface area contributed by atoms with Crippen LogP contribution in [0.1, 0.15) is 0 Å². The number of hydrogen-bond acceptors (Lipinski definition) is 3. The van der Waals surface area contributed by atoms with Crippen LogP contribution in [0, 0.1) is 0 Å². The van der Waals surface area contributed by atoms with Crippen molar-refractivity contribution < 1.29 is 9.53 Å². The molecule has 0 aliphatic carbocycles. The molecule has 0 bridgehead atoms. The second kappa shape index (κ2) is 7.21. The predicted octanol–water partition coefficient (Wildman–Crippen LogP) is 4.77. The van der Waals surface area contributed by atoms with Gasteiger partial charge in [-0.1, -0.05) is 42.5 Å². The molecule has 0 atom stereocenters. The van der Waals surface area contributed by atoms with Crippen molar-refractivity contribution in [1.82, 2.24) is 15.3 Å². The van der Waals surface area contributed by atoms with Crippen molar-refractivity contribution in [2.24, 2.45) is 0 Å². The summed E-state index contributed by atoms with van der Waals surface area (Å²) in [6.45, 7) is 0. The average molecular weight is 358 g/mol. The van der Waals surface area contributed by atoms with Crippen LogP contribution in [0.4, 0.5) is 10.7 Å². The number of carbonyl (C=O) groups is 1. The zero-order valence-corrected chi connectivity index (χ0v) is 14.7. The number of fused-ring (bicyclic) bond motifs is 1. The maximum atomic E-state index is 11.4. The number of hydrogen-bond donors (Lipinski definition) is 3. The normalized spacial score (nSPS) is 10.6. The largest absolute Gasteiger partial charge is 0.457 e. The van der Waals surface area contributed by atoms with Crippen LogP contribution in [-0.2, 0) is 0 Å². The minimum absolute atomic E-state index is 0.330. The molecule has 3 aromatic carbocycles. The number of ether oxygens (including phenoxy) is 1. The lowest BCUT2D eigenvalue weighted by atomic mass is 10.1. The van der Waals surface area contributed by atoms with E-state index in [1.54, 1.807) is 7.05 Å². The highest BCUT2D eigenvalue weighted by atomic mass is 16.5. The Bertz CT molecular complexity index is 1090. The summed E-state index contributed by atoms with van der Waals surface area (Å²) in [6, 6.07) is 23.3. The van der Waals surface area contributed by atoms with Gasteiger partial charge in [0.15, 0.2) is 0 Å². The fourth-order valence-corrected chi connectivity index (χ4v) is 2.79. The molecule has 4 rings (SSSR count). The molecular weight excluding hydrogens is 340 g/mol. The number of nitrogens with zero attached hydrogens (tertiary/aromatic N) is 1. The summed E-state index contributed by atoms with van der Waals surface area (Å²) in [7, 11) is 1.55. The Balaban J connectivity index is 1.57. The van der Waals surface area contributed by atoms with Crippen molar-refractivity contribution in [3.05, 3.63) is 72.8 Å². The number of aromatic nitrogens is 2. The summed E-state index contributed by atoms with van der Waals surface area (Å²) in [6.07, 6.45) is 0. The zero-order valence-electron chi connectivity index (χ0n) is 14.7. The molecule has 0 saturated heterocycles. The number of amides is 2. The molecule has 0 aliphatic heterocycles. The summed E-state index contributed by atoms with van der Waals surface area (Å²) in [5.74, 6) is 1.81. The van der Waals surface area contributed by atoms with E-state index in [1.165, 1.54) is 0 Å². The predicted molar refractivity (Wildman–Crippen MR) is 106 cm³/mol. The third-order valence-corrected chi connectivity index (χ3v) is 4.09. The smallest absolute Gasteiger partial charge is 0.321 e. The van der Waals surface area contributed by atoms with E-state index < -0.39 is 0 Å². The number of nitrogens with one attached hydrogen (secondary N) is 3. The van der Waals surface area contributed by atoms with E-state index in [2.05, 4.69) is 38.8 Å². The van der Waals surface area contributed by atoms with Crippen LogP contribution in [0.5, 0.6) is 11.5 Å². The van der Waals surface area contributed by atoms with Crippen LogP contribution < -0.4 is 15.4 Å². The molecule has 6 nitrogen and oxygen atoms in total. The molecule has 0 unspecified atom stereocenters. The molecule has 0 aliphatic rings. The van der Waals surface area contributed by atoms with Crippen LogP contribution in [0.25, 0.3) is 22.2 Å². The highest BCUT2D eigenvalue weighted by molar-refractivity contribution is 5.89. The third-order valence-electron chi connectivity index (χ3n) is 4.09. The number of aromatic amines is 1. The third kappa shape index (κ3) is 3.74. The van der Waals surface area contributed by atoms with Gasteiger partial charge in [0.1, 0.15) is 11.5 Å². The summed E-state index contributed by atoms with van der Waals surface area (Å²) in [4.78, 5) is 18.8. The van der Waals surface area contributed by atoms with Crippen molar-refractivity contribution >= 4 is 23.0 Å². The van der Waals surface area contributed by atoms with Crippen molar-refractivity contribution in [3.63, 3.8) is 0 Å². The fourth-order valence-electron chi connectivity index (χ4n) is 2.79. The number of benzene rings is 3. The van der Waals surface area contributed by atoms with Crippen LogP contribution >= 0.6 is 0 Å². The van der Waals surface area contributed by atoms with Gasteiger partial charge in [0.05, 0.1) is 11.0 Å². The number of urea groups is 1. The van der Waals surface area contributed by atoms with Crippen molar-refractivity contribution in [1.29, 1.82) is 0 Å². The van der Waals surface area contributed by atoms with Gasteiger partial charge in [-0.3, -0.25) is 5.32 Å². The monoisotopic (exact) mass is 358 g/mol. The molecule has 0 spiro atoms. The molecule has 134 valence electrons. The molecule has 6 heteroatoms. The number of rotatable bonds is 4. The minimum Gasteiger partial charge on any atom is -0.457 e. The number of H-pyrrole nitrogens is 1. The van der Waals surface area contributed by atoms with Gasteiger partial charge in [0, 0.05) is 13.1 Å². The van der Waals surface area contributed by atoms with E-state index in [9.17, 15) is 4.79 Å². The SMILES string of the molecule is CNC(=O)Nc1nc2ccc(Oc3cccc(-c4ccccc4)c3)cc2[nH]1. The highest BCUT2D eigenvalue weighted by Crippen LogP contribution is 2.29. The Kier molecular flexibility index (Phi) is 4.45. The van der Waals surface area contributed by atoms with E-state index in [-0.39, 0.29) is 6.03 Å². The summed E-state index contributed by atoms with van der Waals surface area (Å²) in [5.41, 5.74) is 3.74. The Morgan fingerprint density at radius 2 is 1.70 bits per heavy atom. The van der Waals surface area contributed by atoms with Gasteiger partial charge in [-0.2, -0.15) is 0 Å². The van der Waals surface area contributed by atoms with Gasteiger partial charge >= 0.3 is 6.03 Å². The number of imidazole rings is 1. The molecule has 0 fully saturated rings. The molecule has 1 heterocycles. The summed E-state index contributed by atoms with van der Waals surface area (Å²) in [5, 5.41) is 5.10. The van der Waals surface area contributed by atoms with Gasteiger partial charge in [-0.25, -0.2) is 9.78 Å². The van der Waals surface area contributed by atoms with Crippen LogP contribution in [0.2, 0.25) is 0 Å². The van der Waals surface area contributed by atoms with Crippen molar-refractivity contribution in [3.8, 4) is 22.6 Å². The minimum atomic E-state index is -0.330. The first-order valence-electron chi connectivity index (χ1n) is 8.53. The molecule has 2 amide bonds. The van der Waals surface area contributed by atoms with Crippen molar-refractivity contribution in [2.45, 2.75) is 0 Å².